The van der Waals surface area contributed by atoms with Gasteiger partial charge < -0.3 is 5.73 Å². The number of nitrogen functional groups attached to an aromatic ring is 1. The van der Waals surface area contributed by atoms with Crippen molar-refractivity contribution < 1.29 is 0 Å². The molecule has 15 heavy (non-hydrogen) atoms. The highest BCUT2D eigenvalue weighted by Crippen LogP contribution is 2.38. The molecule has 1 aromatic rings. The second-order valence-corrected chi connectivity index (χ2v) is 5.91. The number of thioether (sulfide) groups is 1. The van der Waals surface area contributed by atoms with Crippen LogP contribution in [-0.4, -0.2) is 5.25 Å². The van der Waals surface area contributed by atoms with Crippen molar-refractivity contribution in [1.29, 1.82) is 0 Å². The standard InChI is InChI=1S/C12H16ClNS/c1-8-6-11(14)10(13)7-12(8)15-9-4-2-3-5-9/h6-7,9H,2-5,14H2,1H3. The van der Waals surface area contributed by atoms with Gasteiger partial charge in [-0.1, -0.05) is 24.4 Å². The van der Waals surface area contributed by atoms with Gasteiger partial charge in [-0.05, 0) is 37.5 Å². The van der Waals surface area contributed by atoms with E-state index in [4.69, 9.17) is 17.3 Å². The molecule has 3 heteroatoms. The summed E-state index contributed by atoms with van der Waals surface area (Å²) in [5, 5.41) is 1.46. The first kappa shape index (κ1) is 11.2. The first-order valence-corrected chi connectivity index (χ1v) is 6.65. The molecule has 0 spiro atoms. The summed E-state index contributed by atoms with van der Waals surface area (Å²) in [5.74, 6) is 0. The summed E-state index contributed by atoms with van der Waals surface area (Å²) in [7, 11) is 0. The molecule has 1 fully saturated rings. The summed E-state index contributed by atoms with van der Waals surface area (Å²) in [6.45, 7) is 2.10. The van der Waals surface area contributed by atoms with Gasteiger partial charge in [-0.2, -0.15) is 0 Å². The molecule has 1 nitrogen and oxygen atoms in total. The molecule has 0 atom stereocenters. The smallest absolute Gasteiger partial charge is 0.0646 e. The van der Waals surface area contributed by atoms with E-state index in [1.54, 1.807) is 0 Å². The van der Waals surface area contributed by atoms with Crippen molar-refractivity contribution in [3.05, 3.63) is 22.7 Å². The van der Waals surface area contributed by atoms with Crippen LogP contribution in [0.2, 0.25) is 5.02 Å². The van der Waals surface area contributed by atoms with E-state index in [-0.39, 0.29) is 0 Å². The molecular formula is C12H16ClNS. The average molecular weight is 242 g/mol. The zero-order valence-corrected chi connectivity index (χ0v) is 10.5. The number of nitrogens with two attached hydrogens (primary N) is 1. The van der Waals surface area contributed by atoms with Gasteiger partial charge in [-0.25, -0.2) is 0 Å². The zero-order valence-electron chi connectivity index (χ0n) is 8.92. The second kappa shape index (κ2) is 4.67. The van der Waals surface area contributed by atoms with Crippen LogP contribution in [-0.2, 0) is 0 Å². The third-order valence-corrected chi connectivity index (χ3v) is 4.72. The number of rotatable bonds is 2. The fourth-order valence-electron chi connectivity index (χ4n) is 2.00. The molecule has 0 saturated heterocycles. The SMILES string of the molecule is Cc1cc(N)c(Cl)cc1SC1CCCC1. The molecule has 0 unspecified atom stereocenters. The second-order valence-electron chi connectivity index (χ2n) is 4.16. The molecule has 82 valence electrons. The lowest BCUT2D eigenvalue weighted by Gasteiger charge is -2.12. The van der Waals surface area contributed by atoms with Crippen LogP contribution in [0.1, 0.15) is 31.2 Å². The monoisotopic (exact) mass is 241 g/mol. The molecule has 2 N–H and O–H groups in total. The molecule has 0 bridgehead atoms. The summed E-state index contributed by atoms with van der Waals surface area (Å²) < 4.78 is 0. The number of benzene rings is 1. The van der Waals surface area contributed by atoms with Gasteiger partial charge in [0.25, 0.3) is 0 Å². The molecular weight excluding hydrogens is 226 g/mol. The summed E-state index contributed by atoms with van der Waals surface area (Å²) >= 11 is 7.99. The highest BCUT2D eigenvalue weighted by Gasteiger charge is 2.17. The van der Waals surface area contributed by atoms with Crippen LogP contribution in [0.5, 0.6) is 0 Å². The fraction of sp³-hybridized carbons (Fsp3) is 0.500. The van der Waals surface area contributed by atoms with Crippen LogP contribution in [0.25, 0.3) is 0 Å². The maximum absolute atomic E-state index is 6.03. The minimum Gasteiger partial charge on any atom is -0.398 e. The lowest BCUT2D eigenvalue weighted by atomic mass is 10.2. The number of aryl methyl sites for hydroxylation is 1. The topological polar surface area (TPSA) is 26.0 Å². The van der Waals surface area contributed by atoms with E-state index in [0.29, 0.717) is 10.7 Å². The van der Waals surface area contributed by atoms with Gasteiger partial charge in [-0.15, -0.1) is 11.8 Å². The van der Waals surface area contributed by atoms with Gasteiger partial charge in [0.15, 0.2) is 0 Å². The Kier molecular flexibility index (Phi) is 3.47. The molecule has 1 aromatic carbocycles. The minimum absolute atomic E-state index is 0.682. The Labute approximate surface area is 100 Å². The maximum atomic E-state index is 6.03. The first-order chi connectivity index (χ1) is 7.16. The Morgan fingerprint density at radius 2 is 2.00 bits per heavy atom. The van der Waals surface area contributed by atoms with Crippen LogP contribution in [0.15, 0.2) is 17.0 Å². The third-order valence-electron chi connectivity index (χ3n) is 2.89. The van der Waals surface area contributed by atoms with Crippen LogP contribution < -0.4 is 5.73 Å². The largest absolute Gasteiger partial charge is 0.398 e. The molecule has 0 radical (unpaired) electrons. The summed E-state index contributed by atoms with van der Waals surface area (Å²) in [4.78, 5) is 1.29. The van der Waals surface area contributed by atoms with Crippen molar-refractivity contribution in [1.82, 2.24) is 0 Å². The van der Waals surface area contributed by atoms with Crippen LogP contribution in [0.3, 0.4) is 0 Å². The van der Waals surface area contributed by atoms with Crippen molar-refractivity contribution in [2.75, 3.05) is 5.73 Å². The quantitative estimate of drug-likeness (QED) is 0.783. The Balaban J connectivity index is 2.16. The van der Waals surface area contributed by atoms with Gasteiger partial charge in [0.05, 0.1) is 10.7 Å². The van der Waals surface area contributed by atoms with Gasteiger partial charge in [0.2, 0.25) is 0 Å². The lowest BCUT2D eigenvalue weighted by molar-refractivity contribution is 0.886. The molecule has 2 rings (SSSR count). The minimum atomic E-state index is 0.682. The Hall–Kier alpha value is -0.340. The first-order valence-electron chi connectivity index (χ1n) is 5.39. The molecule has 0 heterocycles. The predicted octanol–water partition coefficient (Wildman–Crippen LogP) is 4.27. The Bertz CT molecular complexity index is 359. The Morgan fingerprint density at radius 3 is 2.67 bits per heavy atom. The third kappa shape index (κ3) is 2.61. The summed E-state index contributed by atoms with van der Waals surface area (Å²) in [5.41, 5.74) is 7.69. The summed E-state index contributed by atoms with van der Waals surface area (Å²) in [6, 6.07) is 3.98. The lowest BCUT2D eigenvalue weighted by Crippen LogP contribution is -1.96. The Morgan fingerprint density at radius 1 is 1.33 bits per heavy atom. The van der Waals surface area contributed by atoms with Gasteiger partial charge >= 0.3 is 0 Å². The van der Waals surface area contributed by atoms with Crippen molar-refractivity contribution >= 4 is 29.1 Å². The number of anilines is 1. The van der Waals surface area contributed by atoms with E-state index < -0.39 is 0 Å². The molecule has 0 aromatic heterocycles. The molecule has 1 saturated carbocycles. The highest BCUT2D eigenvalue weighted by atomic mass is 35.5. The molecule has 1 aliphatic rings. The van der Waals surface area contributed by atoms with Crippen molar-refractivity contribution in [3.63, 3.8) is 0 Å². The maximum Gasteiger partial charge on any atom is 0.0646 e. The average Bonchev–Trinajstić information content (AvgIpc) is 2.67. The van der Waals surface area contributed by atoms with E-state index in [0.717, 1.165) is 5.25 Å². The molecule has 1 aliphatic carbocycles. The fourth-order valence-corrected chi connectivity index (χ4v) is 3.59. The van der Waals surface area contributed by atoms with Gasteiger partial charge in [0, 0.05) is 10.1 Å². The zero-order chi connectivity index (χ0) is 10.8. The van der Waals surface area contributed by atoms with Crippen molar-refractivity contribution in [3.8, 4) is 0 Å². The van der Waals surface area contributed by atoms with Crippen molar-refractivity contribution in [2.24, 2.45) is 0 Å². The summed E-state index contributed by atoms with van der Waals surface area (Å²) in [6.07, 6.45) is 5.43. The predicted molar refractivity (Wildman–Crippen MR) is 68.7 cm³/mol. The van der Waals surface area contributed by atoms with Crippen LogP contribution in [0, 0.1) is 6.92 Å². The van der Waals surface area contributed by atoms with E-state index in [1.807, 2.05) is 23.9 Å². The van der Waals surface area contributed by atoms with E-state index in [2.05, 4.69) is 6.92 Å². The van der Waals surface area contributed by atoms with Crippen LogP contribution in [0.4, 0.5) is 5.69 Å². The van der Waals surface area contributed by atoms with Gasteiger partial charge in [0.1, 0.15) is 0 Å². The molecule has 0 aliphatic heterocycles. The highest BCUT2D eigenvalue weighted by molar-refractivity contribution is 8.00. The van der Waals surface area contributed by atoms with E-state index >= 15 is 0 Å². The normalized spacial score (nSPS) is 17.2. The van der Waals surface area contributed by atoms with Gasteiger partial charge in [-0.3, -0.25) is 0 Å². The van der Waals surface area contributed by atoms with Crippen molar-refractivity contribution in [2.45, 2.75) is 42.8 Å². The molecule has 0 amide bonds. The number of hydrogen-bond acceptors (Lipinski definition) is 2. The van der Waals surface area contributed by atoms with E-state index in [1.165, 1.54) is 36.1 Å². The van der Waals surface area contributed by atoms with E-state index in [9.17, 15) is 0 Å². The van der Waals surface area contributed by atoms with Crippen LogP contribution >= 0.6 is 23.4 Å². The number of halogens is 1. The number of hydrogen-bond donors (Lipinski definition) is 1.